The van der Waals surface area contributed by atoms with Crippen LogP contribution in [-0.4, -0.2) is 11.2 Å². The van der Waals surface area contributed by atoms with Gasteiger partial charge in [-0.1, -0.05) is 0 Å². The van der Waals surface area contributed by atoms with Crippen LogP contribution in [0.2, 0.25) is 0 Å². The van der Waals surface area contributed by atoms with E-state index in [1.165, 1.54) is 18.2 Å². The topological polar surface area (TPSA) is 78.4 Å². The Labute approximate surface area is 114 Å². The maximum Gasteiger partial charge on any atom is 0.292 e. The summed E-state index contributed by atoms with van der Waals surface area (Å²) in [6, 6.07) is 11.9. The quantitative estimate of drug-likeness (QED) is 0.399. The van der Waals surface area contributed by atoms with Gasteiger partial charge in [-0.2, -0.15) is 0 Å². The molecule has 0 bridgehead atoms. The van der Waals surface area contributed by atoms with Gasteiger partial charge in [0, 0.05) is 17.0 Å². The highest BCUT2D eigenvalue weighted by atomic mass is 32.2. The minimum atomic E-state index is -0.521. The molecule has 0 unspecified atom stereocenters. The number of rotatable bonds is 4. The van der Waals surface area contributed by atoms with Crippen LogP contribution in [0.3, 0.4) is 0 Å². The number of nitro benzene ring substituents is 1. The van der Waals surface area contributed by atoms with Gasteiger partial charge in [-0.25, -0.2) is 0 Å². The molecule has 0 heterocycles. The fraction of sp³-hybridized carbons (Fsp3) is 0.0769. The number of nitro groups is 1. The zero-order valence-corrected chi connectivity index (χ0v) is 11.0. The molecule has 0 spiro atoms. The molecule has 0 aromatic heterocycles. The van der Waals surface area contributed by atoms with Gasteiger partial charge < -0.3 is 10.5 Å². The zero-order chi connectivity index (χ0) is 13.8. The molecule has 98 valence electrons. The number of anilines is 1. The van der Waals surface area contributed by atoms with Crippen molar-refractivity contribution >= 4 is 23.1 Å². The Morgan fingerprint density at radius 3 is 2.32 bits per heavy atom. The van der Waals surface area contributed by atoms with Crippen molar-refractivity contribution in [3.63, 3.8) is 0 Å². The van der Waals surface area contributed by atoms with Crippen molar-refractivity contribution < 1.29 is 9.66 Å². The van der Waals surface area contributed by atoms with Crippen LogP contribution in [0.4, 0.5) is 11.4 Å². The van der Waals surface area contributed by atoms with Gasteiger partial charge in [0.2, 0.25) is 0 Å². The number of nitrogens with two attached hydrogens (primary N) is 1. The fourth-order valence-corrected chi connectivity index (χ4v) is 1.95. The van der Waals surface area contributed by atoms with Crippen LogP contribution in [0.25, 0.3) is 0 Å². The van der Waals surface area contributed by atoms with E-state index < -0.39 is 4.92 Å². The Kier molecular flexibility index (Phi) is 3.91. The van der Waals surface area contributed by atoms with E-state index in [0.717, 1.165) is 4.90 Å². The van der Waals surface area contributed by atoms with Crippen molar-refractivity contribution in [2.75, 3.05) is 12.0 Å². The van der Waals surface area contributed by atoms with Crippen LogP contribution < -0.4 is 10.5 Å². The third kappa shape index (κ3) is 3.17. The highest BCUT2D eigenvalue weighted by Crippen LogP contribution is 2.29. The van der Waals surface area contributed by atoms with E-state index in [1.807, 2.05) is 30.5 Å². The van der Waals surface area contributed by atoms with Gasteiger partial charge >= 0.3 is 0 Å². The summed E-state index contributed by atoms with van der Waals surface area (Å²) >= 11 is 1.64. The second-order valence-electron chi connectivity index (χ2n) is 3.76. The van der Waals surface area contributed by atoms with Crippen LogP contribution in [0.15, 0.2) is 47.4 Å². The average Bonchev–Trinajstić information content (AvgIpc) is 2.39. The summed E-state index contributed by atoms with van der Waals surface area (Å²) in [7, 11) is 0. The SMILES string of the molecule is CSc1ccc(Oc2ccc([N+](=O)[O-])c(N)c2)cc1. The smallest absolute Gasteiger partial charge is 0.292 e. The van der Waals surface area contributed by atoms with Crippen molar-refractivity contribution in [2.24, 2.45) is 0 Å². The molecule has 0 aliphatic heterocycles. The second kappa shape index (κ2) is 5.62. The number of hydrogen-bond acceptors (Lipinski definition) is 5. The van der Waals surface area contributed by atoms with Crippen molar-refractivity contribution in [3.8, 4) is 11.5 Å². The molecule has 5 nitrogen and oxygen atoms in total. The lowest BCUT2D eigenvalue weighted by molar-refractivity contribution is -0.383. The van der Waals surface area contributed by atoms with Gasteiger partial charge in [-0.15, -0.1) is 11.8 Å². The predicted octanol–water partition coefficient (Wildman–Crippen LogP) is 3.69. The van der Waals surface area contributed by atoms with Gasteiger partial charge in [0.1, 0.15) is 17.2 Å². The first-order chi connectivity index (χ1) is 9.10. The van der Waals surface area contributed by atoms with Gasteiger partial charge in [0.25, 0.3) is 5.69 Å². The number of nitrogen functional groups attached to an aromatic ring is 1. The summed E-state index contributed by atoms with van der Waals surface area (Å²) in [5.74, 6) is 1.13. The maximum atomic E-state index is 10.6. The van der Waals surface area contributed by atoms with Crippen LogP contribution in [-0.2, 0) is 0 Å². The molecule has 0 atom stereocenters. The van der Waals surface area contributed by atoms with Crippen LogP contribution >= 0.6 is 11.8 Å². The average molecular weight is 276 g/mol. The molecule has 0 radical (unpaired) electrons. The Morgan fingerprint density at radius 1 is 1.16 bits per heavy atom. The summed E-state index contributed by atoms with van der Waals surface area (Å²) < 4.78 is 5.58. The lowest BCUT2D eigenvalue weighted by atomic mass is 10.2. The monoisotopic (exact) mass is 276 g/mol. The Morgan fingerprint density at radius 2 is 1.79 bits per heavy atom. The van der Waals surface area contributed by atoms with E-state index in [-0.39, 0.29) is 11.4 Å². The van der Waals surface area contributed by atoms with E-state index in [9.17, 15) is 10.1 Å². The third-order valence-corrected chi connectivity index (χ3v) is 3.23. The van der Waals surface area contributed by atoms with E-state index in [1.54, 1.807) is 11.8 Å². The first-order valence-corrected chi connectivity index (χ1v) is 6.68. The fourth-order valence-electron chi connectivity index (χ4n) is 1.54. The van der Waals surface area contributed by atoms with Crippen molar-refractivity contribution in [1.82, 2.24) is 0 Å². The standard InChI is InChI=1S/C13H12N2O3S/c1-19-11-5-2-9(3-6-11)18-10-4-7-13(15(16)17)12(14)8-10/h2-8H,14H2,1H3. The molecule has 6 heteroatoms. The van der Waals surface area contributed by atoms with Crippen LogP contribution in [0, 0.1) is 10.1 Å². The van der Waals surface area contributed by atoms with Gasteiger partial charge in [0.05, 0.1) is 4.92 Å². The summed E-state index contributed by atoms with van der Waals surface area (Å²) in [6.45, 7) is 0. The summed E-state index contributed by atoms with van der Waals surface area (Å²) in [5, 5.41) is 10.6. The van der Waals surface area contributed by atoms with E-state index in [4.69, 9.17) is 10.5 Å². The third-order valence-electron chi connectivity index (χ3n) is 2.49. The Balaban J connectivity index is 2.18. The highest BCUT2D eigenvalue weighted by Gasteiger charge is 2.11. The lowest BCUT2D eigenvalue weighted by Gasteiger charge is -2.07. The van der Waals surface area contributed by atoms with Gasteiger partial charge in [-0.05, 0) is 36.6 Å². The molecule has 0 amide bonds. The number of nitrogens with zero attached hydrogens (tertiary/aromatic N) is 1. The molecule has 0 fully saturated rings. The largest absolute Gasteiger partial charge is 0.457 e. The van der Waals surface area contributed by atoms with Gasteiger partial charge in [0.15, 0.2) is 0 Å². The van der Waals surface area contributed by atoms with Crippen LogP contribution in [0.5, 0.6) is 11.5 Å². The zero-order valence-electron chi connectivity index (χ0n) is 10.2. The minimum Gasteiger partial charge on any atom is -0.457 e. The molecular formula is C13H12N2O3S. The minimum absolute atomic E-state index is 0.0863. The molecular weight excluding hydrogens is 264 g/mol. The van der Waals surface area contributed by atoms with Crippen molar-refractivity contribution in [2.45, 2.75) is 4.90 Å². The van der Waals surface area contributed by atoms with Gasteiger partial charge in [-0.3, -0.25) is 10.1 Å². The first-order valence-electron chi connectivity index (χ1n) is 5.46. The molecule has 2 aromatic rings. The molecule has 2 aromatic carbocycles. The molecule has 0 saturated carbocycles. The van der Waals surface area contributed by atoms with Crippen molar-refractivity contribution in [3.05, 3.63) is 52.6 Å². The molecule has 19 heavy (non-hydrogen) atoms. The van der Waals surface area contributed by atoms with E-state index in [0.29, 0.717) is 11.5 Å². The molecule has 2 rings (SSSR count). The van der Waals surface area contributed by atoms with E-state index in [2.05, 4.69) is 0 Å². The number of thioether (sulfide) groups is 1. The van der Waals surface area contributed by atoms with E-state index >= 15 is 0 Å². The first kappa shape index (κ1) is 13.2. The molecule has 0 aliphatic rings. The lowest BCUT2D eigenvalue weighted by Crippen LogP contribution is -1.95. The maximum absolute atomic E-state index is 10.6. The summed E-state index contributed by atoms with van der Waals surface area (Å²) in [4.78, 5) is 11.3. The summed E-state index contributed by atoms with van der Waals surface area (Å²) in [6.07, 6.45) is 1.99. The Bertz CT molecular complexity index is 599. The van der Waals surface area contributed by atoms with Crippen LogP contribution in [0.1, 0.15) is 0 Å². The number of ether oxygens (including phenoxy) is 1. The normalized spacial score (nSPS) is 10.2. The molecule has 0 aliphatic carbocycles. The van der Waals surface area contributed by atoms with Crippen molar-refractivity contribution in [1.29, 1.82) is 0 Å². The second-order valence-corrected chi connectivity index (χ2v) is 4.63. The number of hydrogen-bond donors (Lipinski definition) is 1. The number of benzene rings is 2. The molecule has 2 N–H and O–H groups in total. The Hall–Kier alpha value is -2.21. The summed E-state index contributed by atoms with van der Waals surface area (Å²) in [5.41, 5.74) is 5.56. The highest BCUT2D eigenvalue weighted by molar-refractivity contribution is 7.98. The predicted molar refractivity (Wildman–Crippen MR) is 75.8 cm³/mol. The molecule has 0 saturated heterocycles.